The van der Waals surface area contributed by atoms with Gasteiger partial charge in [0.1, 0.15) is 0 Å². The Labute approximate surface area is 152 Å². The Morgan fingerprint density at radius 2 is 2.12 bits per heavy atom. The first-order valence-electron chi connectivity index (χ1n) is 8.94. The Balaban J connectivity index is 1.55. The molecule has 1 aliphatic carbocycles. The normalized spacial score (nSPS) is 17.2. The van der Waals surface area contributed by atoms with E-state index in [0.29, 0.717) is 12.8 Å². The van der Waals surface area contributed by atoms with E-state index in [9.17, 15) is 9.59 Å². The number of aromatic nitrogens is 2. The maximum Gasteiger partial charge on any atom is 0.315 e. The Morgan fingerprint density at radius 3 is 2.88 bits per heavy atom. The van der Waals surface area contributed by atoms with Gasteiger partial charge in [-0.1, -0.05) is 30.3 Å². The van der Waals surface area contributed by atoms with Gasteiger partial charge in [0.05, 0.1) is 12.0 Å². The molecular formula is C19H24N4O3. The fourth-order valence-corrected chi connectivity index (χ4v) is 3.36. The highest BCUT2D eigenvalue weighted by Crippen LogP contribution is 2.17. The summed E-state index contributed by atoms with van der Waals surface area (Å²) >= 11 is 0. The fraction of sp³-hybridized carbons (Fsp3) is 0.421. The molecule has 2 amide bonds. The third-order valence-corrected chi connectivity index (χ3v) is 4.69. The Hall–Kier alpha value is -2.83. The van der Waals surface area contributed by atoms with E-state index in [1.807, 2.05) is 30.3 Å². The molecule has 3 rings (SSSR count). The molecule has 2 aromatic rings. The standard InChI is InChI=1S/C19H24N4O3/c24-18(25)9-7-14(10-13-4-2-1-3-5-13)22-19(26)23-15-6-8-16-17(11-15)21-12-20-16/h1-5,12,14-15H,6-11H2,(H,20,21)(H,24,25)(H2,22,23,26). The summed E-state index contributed by atoms with van der Waals surface area (Å²) in [6, 6.07) is 9.36. The van der Waals surface area contributed by atoms with Crippen molar-refractivity contribution >= 4 is 12.0 Å². The van der Waals surface area contributed by atoms with E-state index in [0.717, 1.165) is 36.2 Å². The van der Waals surface area contributed by atoms with Crippen molar-refractivity contribution in [2.45, 2.75) is 50.6 Å². The van der Waals surface area contributed by atoms with Crippen LogP contribution in [0.3, 0.4) is 0 Å². The number of carboxylic acids is 1. The number of nitrogens with one attached hydrogen (secondary N) is 3. The number of H-pyrrole nitrogens is 1. The highest BCUT2D eigenvalue weighted by molar-refractivity contribution is 5.75. The topological polar surface area (TPSA) is 107 Å². The first kappa shape index (κ1) is 18.0. The van der Waals surface area contributed by atoms with Gasteiger partial charge in [-0.25, -0.2) is 9.78 Å². The first-order valence-corrected chi connectivity index (χ1v) is 8.94. The quantitative estimate of drug-likeness (QED) is 0.609. The number of carbonyl (C=O) groups excluding carboxylic acids is 1. The van der Waals surface area contributed by atoms with Crippen molar-refractivity contribution < 1.29 is 14.7 Å². The SMILES string of the molecule is O=C(O)CCC(Cc1ccccc1)NC(=O)NC1CCc2nc[nH]c2C1. The molecule has 1 aromatic heterocycles. The lowest BCUT2D eigenvalue weighted by molar-refractivity contribution is -0.137. The van der Waals surface area contributed by atoms with Gasteiger partial charge in [0.15, 0.2) is 0 Å². The van der Waals surface area contributed by atoms with Crippen molar-refractivity contribution in [2.24, 2.45) is 0 Å². The molecule has 0 aliphatic heterocycles. The Morgan fingerprint density at radius 1 is 1.31 bits per heavy atom. The third kappa shape index (κ3) is 5.08. The van der Waals surface area contributed by atoms with E-state index < -0.39 is 5.97 Å². The van der Waals surface area contributed by atoms with Crippen LogP contribution in [-0.2, 0) is 24.1 Å². The number of fused-ring (bicyclic) bond motifs is 1. The lowest BCUT2D eigenvalue weighted by Gasteiger charge is -2.25. The number of aromatic amines is 1. The van der Waals surface area contributed by atoms with Crippen molar-refractivity contribution in [1.82, 2.24) is 20.6 Å². The molecule has 0 bridgehead atoms. The average molecular weight is 356 g/mol. The van der Waals surface area contributed by atoms with Gasteiger partial charge < -0.3 is 20.7 Å². The van der Waals surface area contributed by atoms with Crippen LogP contribution in [0.2, 0.25) is 0 Å². The minimum absolute atomic E-state index is 0.0265. The van der Waals surface area contributed by atoms with Gasteiger partial charge in [-0.05, 0) is 31.2 Å². The molecule has 1 aliphatic rings. The molecule has 1 aromatic carbocycles. The summed E-state index contributed by atoms with van der Waals surface area (Å²) in [5, 5.41) is 14.9. The second kappa shape index (κ2) is 8.51. The van der Waals surface area contributed by atoms with Crippen LogP contribution in [0.1, 0.15) is 36.2 Å². The molecule has 2 atom stereocenters. The fourth-order valence-electron chi connectivity index (χ4n) is 3.36. The molecule has 0 spiro atoms. The summed E-state index contributed by atoms with van der Waals surface area (Å²) in [4.78, 5) is 30.7. The second-order valence-corrected chi connectivity index (χ2v) is 6.70. The number of rotatable bonds is 7. The number of hydrogen-bond acceptors (Lipinski definition) is 3. The summed E-state index contributed by atoms with van der Waals surface area (Å²) in [6.07, 6.45) is 5.15. The van der Waals surface area contributed by atoms with E-state index in [2.05, 4.69) is 20.6 Å². The summed E-state index contributed by atoms with van der Waals surface area (Å²) in [6.45, 7) is 0. The van der Waals surface area contributed by atoms with Crippen LogP contribution in [0.15, 0.2) is 36.7 Å². The zero-order valence-corrected chi connectivity index (χ0v) is 14.6. The van der Waals surface area contributed by atoms with Gasteiger partial charge in [0, 0.05) is 30.6 Å². The molecule has 2 unspecified atom stereocenters. The van der Waals surface area contributed by atoms with Gasteiger partial charge in [-0.15, -0.1) is 0 Å². The summed E-state index contributed by atoms with van der Waals surface area (Å²) in [7, 11) is 0. The third-order valence-electron chi connectivity index (χ3n) is 4.69. The summed E-state index contributed by atoms with van der Waals surface area (Å²) in [5.41, 5.74) is 3.23. The number of urea groups is 1. The number of aliphatic carboxylic acids is 1. The zero-order valence-electron chi connectivity index (χ0n) is 14.6. The van der Waals surface area contributed by atoms with Crippen LogP contribution in [0, 0.1) is 0 Å². The lowest BCUT2D eigenvalue weighted by Crippen LogP contribution is -2.48. The monoisotopic (exact) mass is 356 g/mol. The Bertz CT molecular complexity index is 744. The largest absolute Gasteiger partial charge is 0.481 e. The number of carbonyl (C=O) groups is 2. The van der Waals surface area contributed by atoms with Crippen LogP contribution < -0.4 is 10.6 Å². The Kier molecular flexibility index (Phi) is 5.88. The van der Waals surface area contributed by atoms with Gasteiger partial charge in [0.2, 0.25) is 0 Å². The number of carboxylic acid groups (broad SMARTS) is 1. The maximum absolute atomic E-state index is 12.4. The van der Waals surface area contributed by atoms with E-state index >= 15 is 0 Å². The molecule has 0 saturated carbocycles. The van der Waals surface area contributed by atoms with Crippen molar-refractivity contribution in [3.63, 3.8) is 0 Å². The molecule has 1 heterocycles. The highest BCUT2D eigenvalue weighted by Gasteiger charge is 2.23. The molecular weight excluding hydrogens is 332 g/mol. The second-order valence-electron chi connectivity index (χ2n) is 6.70. The highest BCUT2D eigenvalue weighted by atomic mass is 16.4. The summed E-state index contributed by atoms with van der Waals surface area (Å²) in [5.74, 6) is -0.857. The van der Waals surface area contributed by atoms with Crippen LogP contribution >= 0.6 is 0 Å². The molecule has 7 nitrogen and oxygen atoms in total. The maximum atomic E-state index is 12.4. The summed E-state index contributed by atoms with van der Waals surface area (Å²) < 4.78 is 0. The van der Waals surface area contributed by atoms with Crippen molar-refractivity contribution in [2.75, 3.05) is 0 Å². The number of aryl methyl sites for hydroxylation is 1. The van der Waals surface area contributed by atoms with E-state index in [4.69, 9.17) is 5.11 Å². The van der Waals surface area contributed by atoms with E-state index in [1.54, 1.807) is 6.33 Å². The predicted octanol–water partition coefficient (Wildman–Crippen LogP) is 2.04. The molecule has 0 fully saturated rings. The van der Waals surface area contributed by atoms with Gasteiger partial charge in [-0.3, -0.25) is 4.79 Å². The molecule has 26 heavy (non-hydrogen) atoms. The van der Waals surface area contributed by atoms with E-state index in [-0.39, 0.29) is 24.5 Å². The van der Waals surface area contributed by atoms with Gasteiger partial charge >= 0.3 is 12.0 Å². The van der Waals surface area contributed by atoms with Crippen molar-refractivity contribution in [1.29, 1.82) is 0 Å². The van der Waals surface area contributed by atoms with E-state index in [1.165, 1.54) is 0 Å². The number of amides is 2. The smallest absolute Gasteiger partial charge is 0.315 e. The molecule has 0 saturated heterocycles. The van der Waals surface area contributed by atoms with Crippen LogP contribution in [0.5, 0.6) is 0 Å². The van der Waals surface area contributed by atoms with Gasteiger partial charge in [-0.2, -0.15) is 0 Å². The molecule has 0 radical (unpaired) electrons. The average Bonchev–Trinajstić information content (AvgIpc) is 3.08. The molecule has 7 heteroatoms. The van der Waals surface area contributed by atoms with Crippen molar-refractivity contribution in [3.8, 4) is 0 Å². The van der Waals surface area contributed by atoms with Gasteiger partial charge in [0.25, 0.3) is 0 Å². The zero-order chi connectivity index (χ0) is 18.4. The molecule has 138 valence electrons. The predicted molar refractivity (Wildman–Crippen MR) is 96.9 cm³/mol. The number of benzene rings is 1. The minimum Gasteiger partial charge on any atom is -0.481 e. The first-order chi connectivity index (χ1) is 12.6. The van der Waals surface area contributed by atoms with Crippen LogP contribution in [-0.4, -0.2) is 39.2 Å². The van der Waals surface area contributed by atoms with Crippen LogP contribution in [0.25, 0.3) is 0 Å². The number of nitrogens with zero attached hydrogens (tertiary/aromatic N) is 1. The molecule has 4 N–H and O–H groups in total. The minimum atomic E-state index is -0.857. The number of hydrogen-bond donors (Lipinski definition) is 4. The number of imidazole rings is 1. The lowest BCUT2D eigenvalue weighted by atomic mass is 9.96. The van der Waals surface area contributed by atoms with Crippen LogP contribution in [0.4, 0.5) is 4.79 Å². The van der Waals surface area contributed by atoms with Crippen molar-refractivity contribution in [3.05, 3.63) is 53.6 Å².